The zero-order chi connectivity index (χ0) is 18.0. The van der Waals surface area contributed by atoms with E-state index in [1.807, 2.05) is 39.0 Å². The second-order valence-corrected chi connectivity index (χ2v) is 7.14. The molecule has 0 unspecified atom stereocenters. The summed E-state index contributed by atoms with van der Waals surface area (Å²) in [5.41, 5.74) is 5.00. The van der Waals surface area contributed by atoms with Gasteiger partial charge in [-0.1, -0.05) is 28.1 Å². The Morgan fingerprint density at radius 3 is 2.80 bits per heavy atom. The second-order valence-electron chi connectivity index (χ2n) is 6.22. The Balaban J connectivity index is 1.67. The van der Waals surface area contributed by atoms with Gasteiger partial charge in [0.25, 0.3) is 5.91 Å². The summed E-state index contributed by atoms with van der Waals surface area (Å²) in [6, 6.07) is 10.2. The monoisotopic (exact) mass is 400 g/mol. The van der Waals surface area contributed by atoms with E-state index < -0.39 is 0 Å². The third kappa shape index (κ3) is 3.90. The lowest BCUT2D eigenvalue weighted by molar-refractivity contribution is 0.0954. The number of benzene rings is 1. The normalized spacial score (nSPS) is 11.0. The zero-order valence-corrected chi connectivity index (χ0v) is 16.2. The maximum absolute atomic E-state index is 12.6. The van der Waals surface area contributed by atoms with Gasteiger partial charge in [0, 0.05) is 22.4 Å². The summed E-state index contributed by atoms with van der Waals surface area (Å²) in [4.78, 5) is 17.1. The van der Waals surface area contributed by atoms with Crippen LogP contribution in [0.15, 0.2) is 34.8 Å². The fourth-order valence-corrected chi connectivity index (χ4v) is 3.41. The highest BCUT2D eigenvalue weighted by Gasteiger charge is 2.19. The van der Waals surface area contributed by atoms with Crippen molar-refractivity contribution < 1.29 is 4.79 Å². The SMILES string of the molecule is Cc1cc(C)n2nc(C)c(C(=O)NCCCc3cccc(Br)c3)c2n1. The number of amides is 1. The van der Waals surface area contributed by atoms with Gasteiger partial charge in [-0.05, 0) is 57.4 Å². The lowest BCUT2D eigenvalue weighted by atomic mass is 10.1. The van der Waals surface area contributed by atoms with E-state index in [2.05, 4.69) is 43.5 Å². The molecule has 0 aliphatic rings. The molecule has 1 aromatic carbocycles. The van der Waals surface area contributed by atoms with Gasteiger partial charge >= 0.3 is 0 Å². The summed E-state index contributed by atoms with van der Waals surface area (Å²) in [7, 11) is 0. The molecule has 0 radical (unpaired) electrons. The highest BCUT2D eigenvalue weighted by Crippen LogP contribution is 2.16. The molecule has 6 heteroatoms. The van der Waals surface area contributed by atoms with E-state index in [4.69, 9.17) is 0 Å². The molecule has 0 fully saturated rings. The molecule has 0 spiro atoms. The molecule has 0 aliphatic heterocycles. The number of nitrogens with one attached hydrogen (secondary N) is 1. The molecule has 3 aromatic rings. The van der Waals surface area contributed by atoms with Gasteiger partial charge < -0.3 is 5.32 Å². The number of fused-ring (bicyclic) bond motifs is 1. The molecule has 130 valence electrons. The lowest BCUT2D eigenvalue weighted by Crippen LogP contribution is -2.25. The minimum Gasteiger partial charge on any atom is -0.352 e. The number of hydrogen-bond acceptors (Lipinski definition) is 3. The van der Waals surface area contributed by atoms with Crippen molar-refractivity contribution in [3.05, 3.63) is 63.0 Å². The highest BCUT2D eigenvalue weighted by atomic mass is 79.9. The van der Waals surface area contributed by atoms with Crippen LogP contribution in [0.25, 0.3) is 5.65 Å². The molecule has 0 aliphatic carbocycles. The molecule has 2 aromatic heterocycles. The fraction of sp³-hybridized carbons (Fsp3) is 0.316. The van der Waals surface area contributed by atoms with Crippen LogP contribution >= 0.6 is 15.9 Å². The number of halogens is 1. The largest absolute Gasteiger partial charge is 0.352 e. The first-order valence-electron chi connectivity index (χ1n) is 8.32. The molecule has 0 bridgehead atoms. The standard InChI is InChI=1S/C19H21BrN4O/c1-12-10-13(2)24-18(22-12)17(14(3)23-24)19(25)21-9-5-7-15-6-4-8-16(20)11-15/h4,6,8,10-11H,5,7,9H2,1-3H3,(H,21,25). The fourth-order valence-electron chi connectivity index (χ4n) is 2.97. The van der Waals surface area contributed by atoms with E-state index in [9.17, 15) is 4.79 Å². The Hall–Kier alpha value is -2.21. The lowest BCUT2D eigenvalue weighted by Gasteiger charge is -2.06. The minimum absolute atomic E-state index is 0.112. The molecule has 1 amide bonds. The van der Waals surface area contributed by atoms with Crippen LogP contribution in [0.3, 0.4) is 0 Å². The number of carbonyl (C=O) groups excluding carboxylic acids is 1. The average Bonchev–Trinajstić information content (AvgIpc) is 2.88. The molecular weight excluding hydrogens is 380 g/mol. The number of nitrogens with zero attached hydrogens (tertiary/aromatic N) is 3. The predicted octanol–water partition coefficient (Wildman–Crippen LogP) is 3.78. The van der Waals surface area contributed by atoms with Crippen LogP contribution in [0.1, 0.15) is 39.4 Å². The van der Waals surface area contributed by atoms with E-state index >= 15 is 0 Å². The molecule has 25 heavy (non-hydrogen) atoms. The van der Waals surface area contributed by atoms with Crippen molar-refractivity contribution in [2.75, 3.05) is 6.54 Å². The Morgan fingerprint density at radius 2 is 2.04 bits per heavy atom. The molecule has 2 heterocycles. The van der Waals surface area contributed by atoms with Crippen LogP contribution in [0.2, 0.25) is 0 Å². The molecular formula is C19H21BrN4O. The highest BCUT2D eigenvalue weighted by molar-refractivity contribution is 9.10. The van der Waals surface area contributed by atoms with Crippen molar-refractivity contribution in [1.82, 2.24) is 19.9 Å². The van der Waals surface area contributed by atoms with Gasteiger partial charge in [-0.3, -0.25) is 4.79 Å². The Morgan fingerprint density at radius 1 is 1.24 bits per heavy atom. The van der Waals surface area contributed by atoms with Crippen molar-refractivity contribution in [2.45, 2.75) is 33.6 Å². The predicted molar refractivity (Wildman–Crippen MR) is 102 cm³/mol. The summed E-state index contributed by atoms with van der Waals surface area (Å²) < 4.78 is 2.81. The number of aryl methyl sites for hydroxylation is 4. The first kappa shape index (κ1) is 17.6. The van der Waals surface area contributed by atoms with Crippen LogP contribution < -0.4 is 5.32 Å². The third-order valence-corrected chi connectivity index (χ3v) is 4.61. The van der Waals surface area contributed by atoms with Crippen molar-refractivity contribution >= 4 is 27.5 Å². The van der Waals surface area contributed by atoms with Gasteiger partial charge in [0.05, 0.1) is 5.69 Å². The van der Waals surface area contributed by atoms with Gasteiger partial charge in [-0.2, -0.15) is 5.10 Å². The molecule has 1 N–H and O–H groups in total. The van der Waals surface area contributed by atoms with Crippen molar-refractivity contribution in [1.29, 1.82) is 0 Å². The van der Waals surface area contributed by atoms with Crippen LogP contribution in [0.5, 0.6) is 0 Å². The molecule has 0 saturated heterocycles. The summed E-state index contributed by atoms with van der Waals surface area (Å²) in [5, 5.41) is 7.45. The number of aromatic nitrogens is 3. The van der Waals surface area contributed by atoms with Crippen LogP contribution in [0.4, 0.5) is 0 Å². The molecule has 0 saturated carbocycles. The second kappa shape index (κ2) is 7.35. The Bertz CT molecular complexity index is 933. The van der Waals surface area contributed by atoms with E-state index in [0.717, 1.165) is 28.7 Å². The number of carbonyl (C=O) groups is 1. The van der Waals surface area contributed by atoms with Crippen molar-refractivity contribution in [2.24, 2.45) is 0 Å². The van der Waals surface area contributed by atoms with Gasteiger partial charge in [0.2, 0.25) is 0 Å². The van der Waals surface area contributed by atoms with E-state index in [1.54, 1.807) is 4.52 Å². The zero-order valence-electron chi connectivity index (χ0n) is 14.6. The first-order valence-corrected chi connectivity index (χ1v) is 9.11. The third-order valence-electron chi connectivity index (χ3n) is 4.11. The van der Waals surface area contributed by atoms with Gasteiger partial charge in [0.1, 0.15) is 5.56 Å². The minimum atomic E-state index is -0.112. The summed E-state index contributed by atoms with van der Waals surface area (Å²) in [5.74, 6) is -0.112. The van der Waals surface area contributed by atoms with Crippen LogP contribution in [-0.2, 0) is 6.42 Å². The average molecular weight is 401 g/mol. The Kier molecular flexibility index (Phi) is 5.18. The summed E-state index contributed by atoms with van der Waals surface area (Å²) >= 11 is 3.48. The van der Waals surface area contributed by atoms with Gasteiger partial charge in [0.15, 0.2) is 5.65 Å². The quantitative estimate of drug-likeness (QED) is 0.662. The molecule has 3 rings (SSSR count). The van der Waals surface area contributed by atoms with Crippen LogP contribution in [-0.4, -0.2) is 27.0 Å². The number of rotatable bonds is 5. The molecule has 0 atom stereocenters. The maximum Gasteiger partial charge on any atom is 0.257 e. The van der Waals surface area contributed by atoms with E-state index in [1.165, 1.54) is 5.56 Å². The van der Waals surface area contributed by atoms with Crippen molar-refractivity contribution in [3.8, 4) is 0 Å². The van der Waals surface area contributed by atoms with Crippen LogP contribution in [0, 0.1) is 20.8 Å². The smallest absolute Gasteiger partial charge is 0.257 e. The first-order chi connectivity index (χ1) is 12.0. The van der Waals surface area contributed by atoms with Gasteiger partial charge in [-0.15, -0.1) is 0 Å². The topological polar surface area (TPSA) is 59.3 Å². The Labute approximate surface area is 155 Å². The maximum atomic E-state index is 12.6. The summed E-state index contributed by atoms with van der Waals surface area (Å²) in [6.45, 7) is 6.36. The molecule has 5 nitrogen and oxygen atoms in total. The van der Waals surface area contributed by atoms with Crippen molar-refractivity contribution in [3.63, 3.8) is 0 Å². The van der Waals surface area contributed by atoms with E-state index in [0.29, 0.717) is 23.4 Å². The summed E-state index contributed by atoms with van der Waals surface area (Å²) in [6.07, 6.45) is 1.80. The number of hydrogen-bond donors (Lipinski definition) is 1. The van der Waals surface area contributed by atoms with E-state index in [-0.39, 0.29) is 5.91 Å². The van der Waals surface area contributed by atoms with Gasteiger partial charge in [-0.25, -0.2) is 9.50 Å².